The lowest BCUT2D eigenvalue weighted by molar-refractivity contribution is -0.137. The second-order valence-electron chi connectivity index (χ2n) is 3.09. The second-order valence-corrected chi connectivity index (χ2v) is 3.09. The minimum absolute atomic E-state index is 0.323. The molecule has 1 aromatic carbocycles. The van der Waals surface area contributed by atoms with Crippen molar-refractivity contribution in [2.45, 2.75) is 13.8 Å². The summed E-state index contributed by atoms with van der Waals surface area (Å²) in [6, 6.07) is 7.52. The molecule has 1 rings (SSSR count). The Morgan fingerprint density at radius 1 is 1.19 bits per heavy atom. The van der Waals surface area contributed by atoms with Gasteiger partial charge in [-0.3, -0.25) is 0 Å². The summed E-state index contributed by atoms with van der Waals surface area (Å²) in [5.74, 6) is 0.507. The Kier molecular flexibility index (Phi) is 5.12. The Hall–Kier alpha value is -1.77. The number of ether oxygens (including phenoxy) is 2. The van der Waals surface area contributed by atoms with Gasteiger partial charge in [0.25, 0.3) is 0 Å². The molecule has 0 amide bonds. The van der Waals surface area contributed by atoms with Crippen LogP contribution in [-0.4, -0.2) is 19.2 Å². The smallest absolute Gasteiger partial charge is 0.330 e. The quantitative estimate of drug-likeness (QED) is 0.565. The highest BCUT2D eigenvalue weighted by atomic mass is 16.5. The van der Waals surface area contributed by atoms with E-state index in [-0.39, 0.29) is 5.97 Å². The van der Waals surface area contributed by atoms with Crippen molar-refractivity contribution in [3.8, 4) is 5.75 Å². The Balaban J connectivity index is 2.57. The van der Waals surface area contributed by atoms with E-state index in [0.29, 0.717) is 13.2 Å². The Morgan fingerprint density at radius 2 is 1.88 bits per heavy atom. The van der Waals surface area contributed by atoms with Crippen molar-refractivity contribution in [1.29, 1.82) is 0 Å². The standard InChI is InChI=1S/C13H16O3/c1-3-15-12-8-5-11(6-9-12)7-10-13(14)16-4-2/h5-10H,3-4H2,1-2H3/b10-7+. The number of hydrogen-bond donors (Lipinski definition) is 0. The predicted molar refractivity (Wildman–Crippen MR) is 63.3 cm³/mol. The minimum atomic E-state index is -0.323. The molecule has 0 saturated heterocycles. The summed E-state index contributed by atoms with van der Waals surface area (Å²) in [5.41, 5.74) is 0.941. The molecule has 0 saturated carbocycles. The van der Waals surface area contributed by atoms with E-state index in [2.05, 4.69) is 0 Å². The lowest BCUT2D eigenvalue weighted by atomic mass is 10.2. The highest BCUT2D eigenvalue weighted by Gasteiger charge is 1.95. The molecule has 0 atom stereocenters. The van der Waals surface area contributed by atoms with Crippen molar-refractivity contribution in [3.63, 3.8) is 0 Å². The molecule has 0 aliphatic carbocycles. The monoisotopic (exact) mass is 220 g/mol. The van der Waals surface area contributed by atoms with Crippen molar-refractivity contribution in [2.24, 2.45) is 0 Å². The van der Waals surface area contributed by atoms with Gasteiger partial charge in [-0.2, -0.15) is 0 Å². The lowest BCUT2D eigenvalue weighted by Gasteiger charge is -2.02. The van der Waals surface area contributed by atoms with Gasteiger partial charge in [0, 0.05) is 6.08 Å². The topological polar surface area (TPSA) is 35.5 Å². The van der Waals surface area contributed by atoms with Crippen LogP contribution in [0.2, 0.25) is 0 Å². The zero-order valence-electron chi connectivity index (χ0n) is 9.60. The van der Waals surface area contributed by atoms with Crippen LogP contribution in [0.3, 0.4) is 0 Å². The van der Waals surface area contributed by atoms with E-state index >= 15 is 0 Å². The molecule has 0 N–H and O–H groups in total. The van der Waals surface area contributed by atoms with Crippen LogP contribution >= 0.6 is 0 Å². The van der Waals surface area contributed by atoms with Crippen LogP contribution < -0.4 is 4.74 Å². The first kappa shape index (κ1) is 12.3. The van der Waals surface area contributed by atoms with E-state index in [0.717, 1.165) is 11.3 Å². The predicted octanol–water partition coefficient (Wildman–Crippen LogP) is 2.66. The fraction of sp³-hybridized carbons (Fsp3) is 0.308. The third-order valence-corrected chi connectivity index (χ3v) is 1.89. The van der Waals surface area contributed by atoms with Gasteiger partial charge in [0.15, 0.2) is 0 Å². The molecule has 0 spiro atoms. The van der Waals surface area contributed by atoms with Gasteiger partial charge in [0.2, 0.25) is 0 Å². The first-order chi connectivity index (χ1) is 7.76. The zero-order chi connectivity index (χ0) is 11.8. The molecule has 1 aromatic rings. The first-order valence-electron chi connectivity index (χ1n) is 5.34. The SMILES string of the molecule is CCOC(=O)/C=C/c1ccc(OCC)cc1. The summed E-state index contributed by atoms with van der Waals surface area (Å²) >= 11 is 0. The van der Waals surface area contributed by atoms with Crippen LogP contribution in [0, 0.1) is 0 Å². The Morgan fingerprint density at radius 3 is 2.44 bits per heavy atom. The molecular formula is C13H16O3. The van der Waals surface area contributed by atoms with Crippen molar-refractivity contribution < 1.29 is 14.3 Å². The number of rotatable bonds is 5. The molecule has 0 fully saturated rings. The fourth-order valence-corrected chi connectivity index (χ4v) is 1.20. The molecule has 0 heterocycles. The number of carbonyl (C=O) groups is 1. The van der Waals surface area contributed by atoms with Gasteiger partial charge in [-0.1, -0.05) is 12.1 Å². The van der Waals surface area contributed by atoms with Crippen LogP contribution in [-0.2, 0) is 9.53 Å². The number of benzene rings is 1. The highest BCUT2D eigenvalue weighted by Crippen LogP contribution is 2.12. The Bertz CT molecular complexity index is 352. The summed E-state index contributed by atoms with van der Waals surface area (Å²) in [5, 5.41) is 0. The molecule has 0 aliphatic rings. The van der Waals surface area contributed by atoms with Crippen LogP contribution in [0.5, 0.6) is 5.75 Å². The summed E-state index contributed by atoms with van der Waals surface area (Å²) in [6.45, 7) is 4.77. The van der Waals surface area contributed by atoms with E-state index < -0.39 is 0 Å². The molecule has 16 heavy (non-hydrogen) atoms. The number of esters is 1. The van der Waals surface area contributed by atoms with E-state index in [1.807, 2.05) is 31.2 Å². The van der Waals surface area contributed by atoms with Gasteiger partial charge in [-0.25, -0.2) is 4.79 Å². The van der Waals surface area contributed by atoms with Crippen molar-refractivity contribution in [2.75, 3.05) is 13.2 Å². The number of carbonyl (C=O) groups excluding carboxylic acids is 1. The fourth-order valence-electron chi connectivity index (χ4n) is 1.20. The van der Waals surface area contributed by atoms with Crippen molar-refractivity contribution >= 4 is 12.0 Å². The highest BCUT2D eigenvalue weighted by molar-refractivity contribution is 5.87. The van der Waals surface area contributed by atoms with Gasteiger partial charge in [0.05, 0.1) is 13.2 Å². The van der Waals surface area contributed by atoms with Gasteiger partial charge >= 0.3 is 5.97 Å². The van der Waals surface area contributed by atoms with E-state index in [9.17, 15) is 4.79 Å². The normalized spacial score (nSPS) is 10.4. The van der Waals surface area contributed by atoms with Crippen molar-refractivity contribution in [1.82, 2.24) is 0 Å². The molecular weight excluding hydrogens is 204 g/mol. The lowest BCUT2D eigenvalue weighted by Crippen LogP contribution is -1.98. The average molecular weight is 220 g/mol. The van der Waals surface area contributed by atoms with Gasteiger partial charge < -0.3 is 9.47 Å². The molecule has 0 unspecified atom stereocenters. The maximum atomic E-state index is 11.1. The molecule has 0 aliphatic heterocycles. The van der Waals surface area contributed by atoms with Gasteiger partial charge in [-0.05, 0) is 37.6 Å². The Labute approximate surface area is 95.7 Å². The largest absolute Gasteiger partial charge is 0.494 e. The third-order valence-electron chi connectivity index (χ3n) is 1.89. The van der Waals surface area contributed by atoms with E-state index in [1.54, 1.807) is 13.0 Å². The summed E-state index contributed by atoms with van der Waals surface area (Å²) < 4.78 is 10.1. The molecule has 0 aromatic heterocycles. The van der Waals surface area contributed by atoms with Crippen molar-refractivity contribution in [3.05, 3.63) is 35.9 Å². The van der Waals surface area contributed by atoms with Gasteiger partial charge in [-0.15, -0.1) is 0 Å². The zero-order valence-corrected chi connectivity index (χ0v) is 9.60. The minimum Gasteiger partial charge on any atom is -0.494 e. The first-order valence-corrected chi connectivity index (χ1v) is 5.34. The van der Waals surface area contributed by atoms with E-state index in [1.165, 1.54) is 6.08 Å². The average Bonchev–Trinajstić information content (AvgIpc) is 2.29. The van der Waals surface area contributed by atoms with Crippen LogP contribution in [0.1, 0.15) is 19.4 Å². The molecule has 3 heteroatoms. The second kappa shape index (κ2) is 6.67. The molecule has 0 bridgehead atoms. The molecule has 86 valence electrons. The van der Waals surface area contributed by atoms with Crippen LogP contribution in [0.15, 0.2) is 30.3 Å². The van der Waals surface area contributed by atoms with Crippen LogP contribution in [0.25, 0.3) is 6.08 Å². The molecule has 0 radical (unpaired) electrons. The number of hydrogen-bond acceptors (Lipinski definition) is 3. The summed E-state index contributed by atoms with van der Waals surface area (Å²) in [4.78, 5) is 11.1. The van der Waals surface area contributed by atoms with Crippen LogP contribution in [0.4, 0.5) is 0 Å². The maximum absolute atomic E-state index is 11.1. The summed E-state index contributed by atoms with van der Waals surface area (Å²) in [7, 11) is 0. The summed E-state index contributed by atoms with van der Waals surface area (Å²) in [6.07, 6.45) is 3.13. The van der Waals surface area contributed by atoms with E-state index in [4.69, 9.17) is 9.47 Å². The third kappa shape index (κ3) is 4.17. The maximum Gasteiger partial charge on any atom is 0.330 e. The van der Waals surface area contributed by atoms with Gasteiger partial charge in [0.1, 0.15) is 5.75 Å². The molecule has 3 nitrogen and oxygen atoms in total.